The van der Waals surface area contributed by atoms with Crippen molar-refractivity contribution in [3.05, 3.63) is 28.8 Å². The molecule has 260 valence electrons. The van der Waals surface area contributed by atoms with Crippen LogP contribution in [-0.4, -0.2) is 55.5 Å². The number of hydrogen-bond acceptors (Lipinski definition) is 5. The molecular formula is C36H70BrN2O4P. The zero-order valence-corrected chi connectivity index (χ0v) is 33.3. The number of unbranched alkanes of at least 4 members (excludes halogenated alkanes) is 7. The van der Waals surface area contributed by atoms with Crippen LogP contribution in [0.2, 0.25) is 0 Å². The van der Waals surface area contributed by atoms with Gasteiger partial charge in [0.15, 0.2) is 0 Å². The molecule has 6 nitrogen and oxygen atoms in total. The third-order valence-corrected chi connectivity index (χ3v) is 10.5. The van der Waals surface area contributed by atoms with E-state index in [9.17, 15) is 9.67 Å². The Balaban J connectivity index is 0.0000185. The summed E-state index contributed by atoms with van der Waals surface area (Å²) < 4.78 is 27.9. The Labute approximate surface area is 283 Å². The lowest BCUT2D eigenvalue weighted by atomic mass is 9.78. The number of nitrogens with zero attached hydrogens (tertiary/aromatic N) is 1. The summed E-state index contributed by atoms with van der Waals surface area (Å²) >= 11 is 0. The molecular weight excluding hydrogens is 635 g/mol. The molecule has 1 aromatic carbocycles. The van der Waals surface area contributed by atoms with Crippen molar-refractivity contribution in [3.8, 4) is 5.75 Å². The fourth-order valence-electron chi connectivity index (χ4n) is 5.64. The van der Waals surface area contributed by atoms with Crippen LogP contribution >= 0.6 is 7.60 Å². The van der Waals surface area contributed by atoms with E-state index in [1.165, 1.54) is 57.9 Å². The summed E-state index contributed by atoms with van der Waals surface area (Å²) in [7, 11) is 0.998. The van der Waals surface area contributed by atoms with E-state index in [1.54, 1.807) is 0 Å². The van der Waals surface area contributed by atoms with Crippen molar-refractivity contribution in [2.75, 3.05) is 33.7 Å². The largest absolute Gasteiger partial charge is 1.00 e. The number of halogens is 1. The van der Waals surface area contributed by atoms with E-state index in [0.717, 1.165) is 34.1 Å². The predicted molar refractivity (Wildman–Crippen MR) is 185 cm³/mol. The number of nitrogens with one attached hydrogen (secondary N) is 1. The minimum absolute atomic E-state index is 0. The first kappa shape index (κ1) is 43.6. The molecule has 2 N–H and O–H groups in total. The molecule has 8 heteroatoms. The quantitative estimate of drug-likeness (QED) is 0.0852. The van der Waals surface area contributed by atoms with Gasteiger partial charge < -0.3 is 35.6 Å². The van der Waals surface area contributed by atoms with Crippen LogP contribution in [0.4, 0.5) is 0 Å². The van der Waals surface area contributed by atoms with Crippen LogP contribution < -0.4 is 22.3 Å². The van der Waals surface area contributed by atoms with Gasteiger partial charge in [-0.1, -0.05) is 87.0 Å². The van der Waals surface area contributed by atoms with Crippen molar-refractivity contribution in [3.63, 3.8) is 0 Å². The van der Waals surface area contributed by atoms with Gasteiger partial charge >= 0.3 is 7.60 Å². The van der Waals surface area contributed by atoms with E-state index in [1.807, 2.05) is 39.8 Å². The minimum Gasteiger partial charge on any atom is -1.00 e. The Morgan fingerprint density at radius 3 is 1.59 bits per heavy atom. The lowest BCUT2D eigenvalue weighted by molar-refractivity contribution is -0.890. The monoisotopic (exact) mass is 704 g/mol. The number of hydrogen-bond donors (Lipinski definition) is 2. The smallest absolute Gasteiger partial charge is 0.352 e. The van der Waals surface area contributed by atoms with Crippen LogP contribution in [0.15, 0.2) is 12.1 Å². The van der Waals surface area contributed by atoms with E-state index in [0.29, 0.717) is 12.3 Å². The van der Waals surface area contributed by atoms with Crippen molar-refractivity contribution in [2.45, 2.75) is 163 Å². The van der Waals surface area contributed by atoms with Gasteiger partial charge in [0, 0.05) is 13.0 Å². The SMILES string of the molecule is CCCCCCCCCC[N+](C)(C)CCCNC(c1cc(C(C)(C)C)c(O)c(C(C)(C)C)c1)P(=O)(OC(C)C)OC(C)C.[Br-]. The summed E-state index contributed by atoms with van der Waals surface area (Å²) in [6, 6.07) is 4.01. The fraction of sp³-hybridized carbons (Fsp3) is 0.833. The first-order valence-corrected chi connectivity index (χ1v) is 18.7. The zero-order chi connectivity index (χ0) is 33.1. The number of benzene rings is 1. The highest BCUT2D eigenvalue weighted by molar-refractivity contribution is 7.54. The predicted octanol–water partition coefficient (Wildman–Crippen LogP) is 7.23. The summed E-state index contributed by atoms with van der Waals surface area (Å²) in [5.74, 6) is -0.338. The van der Waals surface area contributed by atoms with Crippen LogP contribution in [0.3, 0.4) is 0 Å². The molecule has 0 aliphatic heterocycles. The summed E-state index contributed by atoms with van der Waals surface area (Å²) in [6.07, 6.45) is 11.1. The molecule has 0 aliphatic rings. The first-order chi connectivity index (χ1) is 19.7. The van der Waals surface area contributed by atoms with Gasteiger partial charge in [-0.2, -0.15) is 0 Å². The lowest BCUT2D eigenvalue weighted by Crippen LogP contribution is -3.00. The number of aromatic hydroxyl groups is 1. The molecule has 0 spiro atoms. The molecule has 0 saturated heterocycles. The maximum absolute atomic E-state index is 14.6. The highest BCUT2D eigenvalue weighted by Gasteiger charge is 2.41. The Kier molecular flexibility index (Phi) is 19.2. The minimum atomic E-state index is -3.64. The number of phenolic OH excluding ortho intramolecular Hbond substituents is 1. The van der Waals surface area contributed by atoms with Crippen LogP contribution in [-0.2, 0) is 24.4 Å². The van der Waals surface area contributed by atoms with Crippen LogP contribution in [0.5, 0.6) is 5.75 Å². The standard InChI is InChI=1S/C36H69N2O4P.BrH/c1-14-15-16-17-18-19-20-21-24-38(12,13)25-22-23-37-34(43(40,41-28(2)3)42-29(4)5)30-26-31(35(6,7)8)33(39)32(27-30)36(9,10)11;/h26-29,34,37H,14-25H2,1-13H3;1H. The molecule has 44 heavy (non-hydrogen) atoms. The molecule has 0 fully saturated rings. The average Bonchev–Trinajstić information content (AvgIpc) is 2.83. The lowest BCUT2D eigenvalue weighted by Gasteiger charge is -2.34. The highest BCUT2D eigenvalue weighted by atomic mass is 79.9. The maximum atomic E-state index is 14.6. The molecule has 1 rings (SSSR count). The van der Waals surface area contributed by atoms with E-state index >= 15 is 0 Å². The van der Waals surface area contributed by atoms with Gasteiger partial charge in [0.25, 0.3) is 0 Å². The molecule has 0 bridgehead atoms. The van der Waals surface area contributed by atoms with Gasteiger partial charge in [0.1, 0.15) is 11.5 Å². The van der Waals surface area contributed by atoms with E-state index in [-0.39, 0.29) is 40.0 Å². The average molecular weight is 706 g/mol. The summed E-state index contributed by atoms with van der Waals surface area (Å²) in [4.78, 5) is 0. The Bertz CT molecular complexity index is 950. The van der Waals surface area contributed by atoms with Gasteiger partial charge in [-0.05, 0) is 80.2 Å². The fourth-order valence-corrected chi connectivity index (χ4v) is 7.97. The molecule has 0 radical (unpaired) electrons. The van der Waals surface area contributed by atoms with Crippen molar-refractivity contribution in [1.29, 1.82) is 0 Å². The third kappa shape index (κ3) is 15.4. The third-order valence-electron chi connectivity index (χ3n) is 7.99. The van der Waals surface area contributed by atoms with Crippen molar-refractivity contribution >= 4 is 7.60 Å². The second-order valence-corrected chi connectivity index (χ2v) is 17.9. The number of quaternary nitrogens is 1. The molecule has 1 atom stereocenters. The Morgan fingerprint density at radius 1 is 0.773 bits per heavy atom. The maximum Gasteiger partial charge on any atom is 0.352 e. The van der Waals surface area contributed by atoms with Crippen LogP contribution in [0, 0.1) is 0 Å². The van der Waals surface area contributed by atoms with Crippen molar-refractivity contribution in [1.82, 2.24) is 5.32 Å². The molecule has 0 aliphatic carbocycles. The van der Waals surface area contributed by atoms with E-state index in [2.05, 4.69) is 67.9 Å². The topological polar surface area (TPSA) is 67.8 Å². The molecule has 0 aromatic heterocycles. The molecule has 0 amide bonds. The normalized spacial score (nSPS) is 13.9. The molecule has 1 aromatic rings. The highest BCUT2D eigenvalue weighted by Crippen LogP contribution is 2.62. The number of rotatable bonds is 20. The zero-order valence-electron chi connectivity index (χ0n) is 30.8. The Hall–Kier alpha value is -0.430. The van der Waals surface area contributed by atoms with Crippen molar-refractivity contribution in [2.24, 2.45) is 0 Å². The molecule has 0 saturated carbocycles. The summed E-state index contributed by atoms with van der Waals surface area (Å²) in [6.45, 7) is 25.4. The Morgan fingerprint density at radius 2 is 1.18 bits per heavy atom. The van der Waals surface area contributed by atoms with Crippen molar-refractivity contribution < 1.29 is 40.2 Å². The van der Waals surface area contributed by atoms with Gasteiger partial charge in [0.2, 0.25) is 0 Å². The second-order valence-electron chi connectivity index (χ2n) is 15.9. The first-order valence-electron chi connectivity index (χ1n) is 17.1. The van der Waals surface area contributed by atoms with E-state index in [4.69, 9.17) is 9.05 Å². The van der Waals surface area contributed by atoms with E-state index < -0.39 is 13.4 Å². The molecule has 0 heterocycles. The van der Waals surface area contributed by atoms with Gasteiger partial charge in [-0.15, -0.1) is 0 Å². The molecule has 1 unspecified atom stereocenters. The van der Waals surface area contributed by atoms with Gasteiger partial charge in [-0.25, -0.2) is 0 Å². The summed E-state index contributed by atoms with van der Waals surface area (Å²) in [5, 5.41) is 15.0. The number of phenols is 1. The van der Waals surface area contributed by atoms with Gasteiger partial charge in [-0.3, -0.25) is 9.88 Å². The van der Waals surface area contributed by atoms with Crippen LogP contribution in [0.25, 0.3) is 0 Å². The van der Waals surface area contributed by atoms with Gasteiger partial charge in [0.05, 0.1) is 39.4 Å². The van der Waals surface area contributed by atoms with Crippen LogP contribution in [0.1, 0.15) is 156 Å². The summed E-state index contributed by atoms with van der Waals surface area (Å²) in [5.41, 5.74) is 1.91. The second kappa shape index (κ2) is 19.4.